The fourth-order valence-electron chi connectivity index (χ4n) is 4.36. The van der Waals surface area contributed by atoms with Crippen LogP contribution in [0.15, 0.2) is 59.6 Å². The highest BCUT2D eigenvalue weighted by Crippen LogP contribution is 2.24. The number of carbonyl (C=O) groups is 1. The maximum atomic E-state index is 12.6. The van der Waals surface area contributed by atoms with E-state index in [2.05, 4.69) is 20.3 Å². The molecule has 1 fully saturated rings. The molecule has 4 rings (SSSR count). The third-order valence-electron chi connectivity index (χ3n) is 6.27. The Labute approximate surface area is 211 Å². The zero-order valence-corrected chi connectivity index (χ0v) is 21.2. The number of rotatable bonds is 10. The van der Waals surface area contributed by atoms with Gasteiger partial charge in [0.05, 0.1) is 10.4 Å². The standard InChI is InChI=1S/C26H31ClN4O3S/c27-20-9-12-23-24(14-15-28-25(23)18-20)29-16-17-30-26(32)13-8-19-6-10-22(11-7-19)35(33,34)31-21-4-2-1-3-5-21/h6-7,9-12,14-15,18,21,31H,1-5,8,13,16-17H2,(H,28,29)(H,30,32). The molecule has 0 unspecified atom stereocenters. The number of amides is 1. The van der Waals surface area contributed by atoms with Gasteiger partial charge in [-0.15, -0.1) is 0 Å². The number of sulfonamides is 1. The molecule has 1 aliphatic carbocycles. The van der Waals surface area contributed by atoms with Crippen LogP contribution in [0, 0.1) is 0 Å². The van der Waals surface area contributed by atoms with Crippen molar-refractivity contribution < 1.29 is 13.2 Å². The molecule has 0 saturated heterocycles. The summed E-state index contributed by atoms with van der Waals surface area (Å²) in [7, 11) is -3.51. The summed E-state index contributed by atoms with van der Waals surface area (Å²) in [4.78, 5) is 16.9. The molecule has 0 bridgehead atoms. The van der Waals surface area contributed by atoms with Crippen LogP contribution in [0.5, 0.6) is 0 Å². The molecule has 1 saturated carbocycles. The molecule has 0 spiro atoms. The van der Waals surface area contributed by atoms with Crippen molar-refractivity contribution >= 4 is 44.1 Å². The summed E-state index contributed by atoms with van der Waals surface area (Å²) >= 11 is 6.03. The summed E-state index contributed by atoms with van der Waals surface area (Å²) < 4.78 is 28.1. The Balaban J connectivity index is 1.20. The van der Waals surface area contributed by atoms with Crippen molar-refractivity contribution in [2.45, 2.75) is 55.9 Å². The molecular weight excluding hydrogens is 484 g/mol. The van der Waals surface area contributed by atoms with Gasteiger partial charge in [-0.2, -0.15) is 0 Å². The van der Waals surface area contributed by atoms with Gasteiger partial charge in [0.25, 0.3) is 0 Å². The second-order valence-corrected chi connectivity index (χ2v) is 11.0. The van der Waals surface area contributed by atoms with E-state index in [0.717, 1.165) is 47.8 Å². The Hall–Kier alpha value is -2.68. The average Bonchev–Trinajstić information content (AvgIpc) is 2.86. The van der Waals surface area contributed by atoms with Gasteiger partial charge in [-0.25, -0.2) is 13.1 Å². The molecule has 0 atom stereocenters. The smallest absolute Gasteiger partial charge is 0.240 e. The van der Waals surface area contributed by atoms with E-state index in [4.69, 9.17) is 11.6 Å². The molecule has 1 aromatic heterocycles. The monoisotopic (exact) mass is 514 g/mol. The van der Waals surface area contributed by atoms with Gasteiger partial charge >= 0.3 is 0 Å². The maximum Gasteiger partial charge on any atom is 0.240 e. The van der Waals surface area contributed by atoms with Crippen molar-refractivity contribution in [1.29, 1.82) is 0 Å². The van der Waals surface area contributed by atoms with Crippen molar-refractivity contribution in [3.63, 3.8) is 0 Å². The molecule has 9 heteroatoms. The first-order valence-corrected chi connectivity index (χ1v) is 13.9. The number of anilines is 1. The van der Waals surface area contributed by atoms with Crippen LogP contribution >= 0.6 is 11.6 Å². The van der Waals surface area contributed by atoms with Gasteiger partial charge in [-0.3, -0.25) is 9.78 Å². The second kappa shape index (κ2) is 11.8. The summed E-state index contributed by atoms with van der Waals surface area (Å²) in [5.74, 6) is -0.0474. The number of aryl methyl sites for hydroxylation is 1. The quantitative estimate of drug-likeness (QED) is 0.342. The highest BCUT2D eigenvalue weighted by molar-refractivity contribution is 7.89. The zero-order chi connectivity index (χ0) is 24.7. The molecule has 0 aliphatic heterocycles. The third kappa shape index (κ3) is 7.16. The van der Waals surface area contributed by atoms with Gasteiger partial charge in [0, 0.05) is 47.8 Å². The minimum Gasteiger partial charge on any atom is -0.383 e. The lowest BCUT2D eigenvalue weighted by Gasteiger charge is -2.22. The first-order valence-electron chi connectivity index (χ1n) is 12.1. The van der Waals surface area contributed by atoms with Crippen LogP contribution in [0.4, 0.5) is 5.69 Å². The lowest BCUT2D eigenvalue weighted by atomic mass is 9.96. The van der Waals surface area contributed by atoms with E-state index < -0.39 is 10.0 Å². The molecule has 7 nitrogen and oxygen atoms in total. The van der Waals surface area contributed by atoms with Crippen molar-refractivity contribution in [1.82, 2.24) is 15.0 Å². The number of carbonyl (C=O) groups excluding carboxylic acids is 1. The number of aromatic nitrogens is 1. The molecule has 35 heavy (non-hydrogen) atoms. The van der Waals surface area contributed by atoms with E-state index in [0.29, 0.717) is 31.0 Å². The lowest BCUT2D eigenvalue weighted by Crippen LogP contribution is -2.36. The van der Waals surface area contributed by atoms with E-state index in [9.17, 15) is 13.2 Å². The van der Waals surface area contributed by atoms with Gasteiger partial charge in [0.2, 0.25) is 15.9 Å². The van der Waals surface area contributed by atoms with Crippen LogP contribution in [0.3, 0.4) is 0 Å². The van der Waals surface area contributed by atoms with E-state index in [1.54, 1.807) is 30.5 Å². The fraction of sp³-hybridized carbons (Fsp3) is 0.385. The van der Waals surface area contributed by atoms with Crippen molar-refractivity contribution in [3.05, 3.63) is 65.3 Å². The van der Waals surface area contributed by atoms with Gasteiger partial charge in [0.1, 0.15) is 0 Å². The van der Waals surface area contributed by atoms with Gasteiger partial charge in [0.15, 0.2) is 0 Å². The highest BCUT2D eigenvalue weighted by atomic mass is 35.5. The minimum absolute atomic E-state index is 0.0300. The Bertz CT molecular complexity index is 1260. The summed E-state index contributed by atoms with van der Waals surface area (Å²) in [6, 6.07) is 14.3. The largest absolute Gasteiger partial charge is 0.383 e. The molecule has 3 aromatic rings. The summed E-state index contributed by atoms with van der Waals surface area (Å²) in [6.45, 7) is 1.06. The predicted molar refractivity (Wildman–Crippen MR) is 140 cm³/mol. The van der Waals surface area contributed by atoms with Crippen LogP contribution in [0.25, 0.3) is 10.9 Å². The fourth-order valence-corrected chi connectivity index (χ4v) is 5.84. The van der Waals surface area contributed by atoms with E-state index in [-0.39, 0.29) is 16.8 Å². The van der Waals surface area contributed by atoms with Crippen LogP contribution in [-0.4, -0.2) is 38.4 Å². The number of benzene rings is 2. The Kier molecular flexibility index (Phi) is 8.59. The number of pyridine rings is 1. The normalized spacial score (nSPS) is 14.7. The second-order valence-electron chi connectivity index (χ2n) is 8.90. The highest BCUT2D eigenvalue weighted by Gasteiger charge is 2.21. The molecular formula is C26H31ClN4O3S. The molecule has 3 N–H and O–H groups in total. The molecule has 2 aromatic carbocycles. The molecule has 1 heterocycles. The summed E-state index contributed by atoms with van der Waals surface area (Å²) in [5, 5.41) is 7.86. The summed E-state index contributed by atoms with van der Waals surface area (Å²) in [6.07, 6.45) is 7.72. The number of nitrogens with zero attached hydrogens (tertiary/aromatic N) is 1. The molecule has 186 valence electrons. The van der Waals surface area contributed by atoms with Crippen molar-refractivity contribution in [3.8, 4) is 0 Å². The number of halogens is 1. The number of nitrogens with one attached hydrogen (secondary N) is 3. The van der Waals surface area contributed by atoms with E-state index in [1.807, 2.05) is 24.3 Å². The van der Waals surface area contributed by atoms with Gasteiger partial charge in [-0.05, 0) is 61.2 Å². The SMILES string of the molecule is O=C(CCc1ccc(S(=O)(=O)NC2CCCCC2)cc1)NCCNc1ccnc2cc(Cl)ccc12. The van der Waals surface area contributed by atoms with Crippen LogP contribution < -0.4 is 15.4 Å². The molecule has 0 radical (unpaired) electrons. The lowest BCUT2D eigenvalue weighted by molar-refractivity contribution is -0.120. The number of hydrogen-bond donors (Lipinski definition) is 3. The number of fused-ring (bicyclic) bond motifs is 1. The first-order chi connectivity index (χ1) is 16.9. The zero-order valence-electron chi connectivity index (χ0n) is 19.6. The molecule has 1 amide bonds. The Morgan fingerprint density at radius 2 is 1.77 bits per heavy atom. The van der Waals surface area contributed by atoms with Crippen LogP contribution in [-0.2, 0) is 21.2 Å². The Morgan fingerprint density at radius 3 is 2.54 bits per heavy atom. The topological polar surface area (TPSA) is 100 Å². The Morgan fingerprint density at radius 1 is 1.00 bits per heavy atom. The van der Waals surface area contributed by atoms with Crippen LogP contribution in [0.2, 0.25) is 5.02 Å². The van der Waals surface area contributed by atoms with Gasteiger partial charge in [-0.1, -0.05) is 43.0 Å². The van der Waals surface area contributed by atoms with Crippen LogP contribution in [0.1, 0.15) is 44.1 Å². The average molecular weight is 515 g/mol. The van der Waals surface area contributed by atoms with E-state index >= 15 is 0 Å². The van der Waals surface area contributed by atoms with Gasteiger partial charge < -0.3 is 10.6 Å². The van der Waals surface area contributed by atoms with E-state index in [1.165, 1.54) is 6.42 Å². The predicted octanol–water partition coefficient (Wildman–Crippen LogP) is 4.66. The van der Waals surface area contributed by atoms with Crippen molar-refractivity contribution in [2.24, 2.45) is 0 Å². The molecule has 1 aliphatic rings. The number of hydrogen-bond acceptors (Lipinski definition) is 5. The van der Waals surface area contributed by atoms with Crippen molar-refractivity contribution in [2.75, 3.05) is 18.4 Å². The minimum atomic E-state index is -3.51. The first kappa shape index (κ1) is 25.4. The maximum absolute atomic E-state index is 12.6. The summed E-state index contributed by atoms with van der Waals surface area (Å²) in [5.41, 5.74) is 2.68. The third-order valence-corrected chi connectivity index (χ3v) is 8.04.